The molecule has 7 nitrogen and oxygen atoms in total. The van der Waals surface area contributed by atoms with Gasteiger partial charge in [-0.2, -0.15) is 0 Å². The maximum absolute atomic E-state index is 12.6. The van der Waals surface area contributed by atoms with E-state index in [1.165, 1.54) is 26.4 Å². The van der Waals surface area contributed by atoms with Gasteiger partial charge in [-0.15, -0.1) is 0 Å². The minimum Gasteiger partial charge on any atom is -0.493 e. The minimum absolute atomic E-state index is 0.103. The van der Waals surface area contributed by atoms with E-state index in [1.807, 2.05) is 26.2 Å². The van der Waals surface area contributed by atoms with Gasteiger partial charge in [0.1, 0.15) is 0 Å². The van der Waals surface area contributed by atoms with Crippen molar-refractivity contribution in [3.8, 4) is 11.5 Å². The third kappa shape index (κ3) is 6.04. The van der Waals surface area contributed by atoms with Crippen LogP contribution in [0.4, 0.5) is 11.4 Å². The number of nitrogens with one attached hydrogen (secondary N) is 2. The predicted molar refractivity (Wildman–Crippen MR) is 108 cm³/mol. The van der Waals surface area contributed by atoms with Crippen LogP contribution in [0, 0.1) is 0 Å². The van der Waals surface area contributed by atoms with Gasteiger partial charge in [-0.1, -0.05) is 0 Å². The maximum Gasteiger partial charge on any atom is 0.262 e. The number of benzene rings is 2. The van der Waals surface area contributed by atoms with Crippen LogP contribution in [0.15, 0.2) is 47.4 Å². The Labute approximate surface area is 161 Å². The number of ether oxygens (including phenoxy) is 2. The van der Waals surface area contributed by atoms with Crippen LogP contribution in [0.3, 0.4) is 0 Å². The second-order valence-electron chi connectivity index (χ2n) is 6.28. The molecule has 0 saturated carbocycles. The van der Waals surface area contributed by atoms with Crippen LogP contribution in [0.1, 0.15) is 6.42 Å². The highest BCUT2D eigenvalue weighted by Gasteiger charge is 2.17. The van der Waals surface area contributed by atoms with Crippen molar-refractivity contribution < 1.29 is 17.9 Å². The van der Waals surface area contributed by atoms with Gasteiger partial charge in [-0.05, 0) is 63.5 Å². The standard InChI is InChI=1S/C19H27N3O4S/c1-22(2)13-5-12-20-15-6-8-16(9-7-15)21-27(23,24)17-10-11-18(25-3)19(14-17)26-4/h6-11,14,20-21H,5,12-13H2,1-4H3. The molecular weight excluding hydrogens is 366 g/mol. The zero-order chi connectivity index (χ0) is 19.9. The molecule has 0 atom stereocenters. The van der Waals surface area contributed by atoms with Crippen LogP contribution >= 0.6 is 0 Å². The summed E-state index contributed by atoms with van der Waals surface area (Å²) in [5.41, 5.74) is 1.44. The number of anilines is 2. The highest BCUT2D eigenvalue weighted by Crippen LogP contribution is 2.30. The topological polar surface area (TPSA) is 79.9 Å². The summed E-state index contributed by atoms with van der Waals surface area (Å²) < 4.78 is 38.1. The van der Waals surface area contributed by atoms with E-state index < -0.39 is 10.0 Å². The van der Waals surface area contributed by atoms with E-state index in [0.29, 0.717) is 17.2 Å². The van der Waals surface area contributed by atoms with E-state index in [0.717, 1.165) is 25.2 Å². The SMILES string of the molecule is COc1ccc(S(=O)(=O)Nc2ccc(NCCCN(C)C)cc2)cc1OC. The Morgan fingerprint density at radius 1 is 0.926 bits per heavy atom. The van der Waals surface area contributed by atoms with E-state index in [1.54, 1.807) is 18.2 Å². The second kappa shape index (κ2) is 9.48. The molecule has 0 fully saturated rings. The van der Waals surface area contributed by atoms with Crippen molar-refractivity contribution in [2.45, 2.75) is 11.3 Å². The molecule has 2 aromatic carbocycles. The third-order valence-corrected chi connectivity index (χ3v) is 5.29. The first kappa shape index (κ1) is 20.9. The van der Waals surface area contributed by atoms with Gasteiger partial charge in [-0.25, -0.2) is 8.42 Å². The van der Waals surface area contributed by atoms with Crippen molar-refractivity contribution >= 4 is 21.4 Å². The molecule has 2 rings (SSSR count). The smallest absolute Gasteiger partial charge is 0.262 e. The molecule has 0 saturated heterocycles. The van der Waals surface area contributed by atoms with Crippen LogP contribution in [-0.4, -0.2) is 54.7 Å². The molecule has 0 amide bonds. The van der Waals surface area contributed by atoms with Crippen LogP contribution in [0.5, 0.6) is 11.5 Å². The van der Waals surface area contributed by atoms with E-state index in [4.69, 9.17) is 9.47 Å². The van der Waals surface area contributed by atoms with Crippen molar-refractivity contribution in [3.05, 3.63) is 42.5 Å². The van der Waals surface area contributed by atoms with Crippen LogP contribution in [0.2, 0.25) is 0 Å². The van der Waals surface area contributed by atoms with Crippen molar-refractivity contribution in [2.75, 3.05) is 51.4 Å². The van der Waals surface area contributed by atoms with Gasteiger partial charge < -0.3 is 19.7 Å². The van der Waals surface area contributed by atoms with E-state index in [2.05, 4.69) is 14.9 Å². The number of hydrogen-bond acceptors (Lipinski definition) is 6. The van der Waals surface area contributed by atoms with Crippen LogP contribution < -0.4 is 19.5 Å². The fourth-order valence-electron chi connectivity index (χ4n) is 2.48. The Morgan fingerprint density at radius 2 is 1.56 bits per heavy atom. The van der Waals surface area contributed by atoms with Gasteiger partial charge in [0.15, 0.2) is 11.5 Å². The van der Waals surface area contributed by atoms with Gasteiger partial charge in [-0.3, -0.25) is 4.72 Å². The predicted octanol–water partition coefficient (Wildman–Crippen LogP) is 2.87. The Balaban J connectivity index is 2.03. The number of sulfonamides is 1. The largest absolute Gasteiger partial charge is 0.493 e. The minimum atomic E-state index is -3.73. The molecule has 2 N–H and O–H groups in total. The molecule has 8 heteroatoms. The number of rotatable bonds is 10. The normalized spacial score (nSPS) is 11.3. The summed E-state index contributed by atoms with van der Waals surface area (Å²) in [5, 5.41) is 3.32. The zero-order valence-corrected chi connectivity index (χ0v) is 17.0. The first-order valence-corrected chi connectivity index (χ1v) is 10.1. The lowest BCUT2D eigenvalue weighted by atomic mass is 10.3. The fraction of sp³-hybridized carbons (Fsp3) is 0.368. The molecular formula is C19H27N3O4S. The Bertz CT molecular complexity index is 837. The lowest BCUT2D eigenvalue weighted by Gasteiger charge is -2.13. The van der Waals surface area contributed by atoms with Crippen LogP contribution in [0.25, 0.3) is 0 Å². The Hall–Kier alpha value is -2.45. The maximum atomic E-state index is 12.6. The average molecular weight is 394 g/mol. The van der Waals surface area contributed by atoms with Crippen molar-refractivity contribution in [1.29, 1.82) is 0 Å². The van der Waals surface area contributed by atoms with E-state index in [-0.39, 0.29) is 4.90 Å². The molecule has 0 aliphatic heterocycles. The lowest BCUT2D eigenvalue weighted by molar-refractivity contribution is 0.354. The summed E-state index contributed by atoms with van der Waals surface area (Å²) in [6.07, 6.45) is 1.03. The van der Waals surface area contributed by atoms with Gasteiger partial charge in [0, 0.05) is 24.0 Å². The molecule has 0 radical (unpaired) electrons. The summed E-state index contributed by atoms with van der Waals surface area (Å²) in [7, 11) is 3.32. The molecule has 0 bridgehead atoms. The molecule has 27 heavy (non-hydrogen) atoms. The highest BCUT2D eigenvalue weighted by atomic mass is 32.2. The second-order valence-corrected chi connectivity index (χ2v) is 7.97. The molecule has 0 spiro atoms. The molecule has 0 aromatic heterocycles. The number of nitrogens with zero attached hydrogens (tertiary/aromatic N) is 1. The summed E-state index contributed by atoms with van der Waals surface area (Å²) in [6, 6.07) is 11.6. The van der Waals surface area contributed by atoms with Gasteiger partial charge >= 0.3 is 0 Å². The molecule has 0 heterocycles. The van der Waals surface area contributed by atoms with Crippen LogP contribution in [-0.2, 0) is 10.0 Å². The van der Waals surface area contributed by atoms with Gasteiger partial charge in [0.2, 0.25) is 0 Å². The van der Waals surface area contributed by atoms with E-state index >= 15 is 0 Å². The van der Waals surface area contributed by atoms with Gasteiger partial charge in [0.05, 0.1) is 19.1 Å². The number of methoxy groups -OCH3 is 2. The number of hydrogen-bond donors (Lipinski definition) is 2. The first-order valence-electron chi connectivity index (χ1n) is 8.59. The molecule has 0 unspecified atom stereocenters. The average Bonchev–Trinajstić information content (AvgIpc) is 2.65. The van der Waals surface area contributed by atoms with Crippen molar-refractivity contribution in [2.24, 2.45) is 0 Å². The monoisotopic (exact) mass is 393 g/mol. The highest BCUT2D eigenvalue weighted by molar-refractivity contribution is 7.92. The van der Waals surface area contributed by atoms with E-state index in [9.17, 15) is 8.42 Å². The summed E-state index contributed by atoms with van der Waals surface area (Å²) in [6.45, 7) is 1.87. The summed E-state index contributed by atoms with van der Waals surface area (Å²) >= 11 is 0. The quantitative estimate of drug-likeness (QED) is 0.604. The van der Waals surface area contributed by atoms with Crippen molar-refractivity contribution in [1.82, 2.24) is 4.90 Å². The summed E-state index contributed by atoms with van der Waals surface area (Å²) in [5.74, 6) is 0.832. The van der Waals surface area contributed by atoms with Gasteiger partial charge in [0.25, 0.3) is 10.0 Å². The summed E-state index contributed by atoms with van der Waals surface area (Å²) in [4.78, 5) is 2.24. The van der Waals surface area contributed by atoms with Crippen molar-refractivity contribution in [3.63, 3.8) is 0 Å². The Kier molecular flexibility index (Phi) is 7.32. The Morgan fingerprint density at radius 3 is 2.15 bits per heavy atom. The molecule has 2 aromatic rings. The third-order valence-electron chi connectivity index (χ3n) is 3.91. The lowest BCUT2D eigenvalue weighted by Crippen LogP contribution is -2.16. The first-order chi connectivity index (χ1) is 12.9. The fourth-order valence-corrected chi connectivity index (χ4v) is 3.56. The molecule has 148 valence electrons. The molecule has 0 aliphatic carbocycles. The molecule has 0 aliphatic rings. The zero-order valence-electron chi connectivity index (χ0n) is 16.2.